The van der Waals surface area contributed by atoms with Gasteiger partial charge in [0.2, 0.25) is 0 Å². The lowest BCUT2D eigenvalue weighted by Crippen LogP contribution is -2.14. The molecule has 0 unspecified atom stereocenters. The Hall–Kier alpha value is -1.20. The quantitative estimate of drug-likeness (QED) is 0.496. The van der Waals surface area contributed by atoms with Crippen LogP contribution in [-0.2, 0) is 0 Å². The van der Waals surface area contributed by atoms with Crippen molar-refractivity contribution in [1.29, 1.82) is 0 Å². The molecule has 13 heavy (non-hydrogen) atoms. The number of nitrogens with one attached hydrogen (secondary N) is 1. The molecule has 0 aliphatic carbocycles. The maximum absolute atomic E-state index is 8.53. The smallest absolute Gasteiger partial charge is 0.0856 e. The van der Waals surface area contributed by atoms with Gasteiger partial charge < -0.3 is 10.4 Å². The summed E-state index contributed by atoms with van der Waals surface area (Å²) in [6.07, 6.45) is 9.48. The molecular weight excluding hydrogens is 162 g/mol. The van der Waals surface area contributed by atoms with E-state index in [9.17, 15) is 0 Å². The van der Waals surface area contributed by atoms with Crippen LogP contribution in [0.1, 0.15) is 19.3 Å². The van der Waals surface area contributed by atoms with Gasteiger partial charge in [-0.2, -0.15) is 0 Å². The van der Waals surface area contributed by atoms with Crippen LogP contribution >= 0.6 is 0 Å². The molecule has 1 aliphatic heterocycles. The summed E-state index contributed by atoms with van der Waals surface area (Å²) in [5.41, 5.74) is 0.961. The first kappa shape index (κ1) is 9.88. The van der Waals surface area contributed by atoms with E-state index in [0.717, 1.165) is 31.5 Å². The second-order valence-electron chi connectivity index (χ2n) is 2.79. The van der Waals surface area contributed by atoms with Crippen molar-refractivity contribution in [2.45, 2.75) is 19.3 Å². The SMILES string of the molecule is OCCCCC#CC1=CC=[C]CN1. The van der Waals surface area contributed by atoms with E-state index in [1.807, 2.05) is 12.2 Å². The molecule has 0 bridgehead atoms. The summed E-state index contributed by atoms with van der Waals surface area (Å²) in [5.74, 6) is 6.08. The van der Waals surface area contributed by atoms with Crippen LogP contribution in [0.4, 0.5) is 0 Å². The summed E-state index contributed by atoms with van der Waals surface area (Å²) in [6.45, 7) is 1.01. The van der Waals surface area contributed by atoms with E-state index in [1.54, 1.807) is 0 Å². The van der Waals surface area contributed by atoms with Gasteiger partial charge in [0.25, 0.3) is 0 Å². The van der Waals surface area contributed by atoms with Crippen LogP contribution in [0.25, 0.3) is 0 Å². The Morgan fingerprint density at radius 2 is 2.46 bits per heavy atom. The maximum Gasteiger partial charge on any atom is 0.0856 e. The minimum Gasteiger partial charge on any atom is -0.396 e. The monoisotopic (exact) mass is 176 g/mol. The number of hydrogen-bond acceptors (Lipinski definition) is 2. The molecule has 0 spiro atoms. The van der Waals surface area contributed by atoms with E-state index in [0.29, 0.717) is 0 Å². The van der Waals surface area contributed by atoms with Crippen LogP contribution in [0.15, 0.2) is 17.8 Å². The number of aliphatic hydroxyl groups excluding tert-OH is 1. The molecule has 2 N–H and O–H groups in total. The fraction of sp³-hybridized carbons (Fsp3) is 0.455. The zero-order valence-corrected chi connectivity index (χ0v) is 7.64. The Morgan fingerprint density at radius 1 is 1.54 bits per heavy atom. The Bertz CT molecular complexity index is 255. The zero-order valence-electron chi connectivity index (χ0n) is 7.64. The van der Waals surface area contributed by atoms with Gasteiger partial charge in [-0.15, -0.1) is 0 Å². The van der Waals surface area contributed by atoms with E-state index < -0.39 is 0 Å². The number of allylic oxidation sites excluding steroid dienone is 3. The minimum absolute atomic E-state index is 0.264. The van der Waals surface area contributed by atoms with Gasteiger partial charge in [-0.25, -0.2) is 0 Å². The summed E-state index contributed by atoms with van der Waals surface area (Å²) in [7, 11) is 0. The minimum atomic E-state index is 0.264. The average Bonchev–Trinajstić information content (AvgIpc) is 2.19. The highest BCUT2D eigenvalue weighted by atomic mass is 16.2. The van der Waals surface area contributed by atoms with Gasteiger partial charge in [0.05, 0.1) is 5.70 Å². The fourth-order valence-corrected chi connectivity index (χ4v) is 0.975. The highest BCUT2D eigenvalue weighted by Gasteiger charge is 1.91. The van der Waals surface area contributed by atoms with Gasteiger partial charge in [0.15, 0.2) is 0 Å². The van der Waals surface area contributed by atoms with Crippen molar-refractivity contribution < 1.29 is 5.11 Å². The van der Waals surface area contributed by atoms with E-state index in [1.165, 1.54) is 0 Å². The summed E-state index contributed by atoms with van der Waals surface area (Å²) in [6, 6.07) is 0. The standard InChI is InChI=1S/C11H14NO/c13-10-6-2-1-3-7-11-8-4-5-9-12-11/h4,8,12-13H,1-2,6,9-10H2. The summed E-state index contributed by atoms with van der Waals surface area (Å²) in [4.78, 5) is 0. The molecular formula is C11H14NO. The lowest BCUT2D eigenvalue weighted by Gasteiger charge is -2.03. The molecule has 2 heteroatoms. The number of hydrogen-bond donors (Lipinski definition) is 2. The molecule has 0 amide bonds. The van der Waals surface area contributed by atoms with E-state index in [4.69, 9.17) is 5.11 Å². The summed E-state index contributed by atoms with van der Waals surface area (Å²) >= 11 is 0. The molecule has 69 valence electrons. The van der Waals surface area contributed by atoms with Crippen molar-refractivity contribution in [3.05, 3.63) is 23.9 Å². The van der Waals surface area contributed by atoms with Crippen molar-refractivity contribution in [1.82, 2.24) is 5.32 Å². The van der Waals surface area contributed by atoms with E-state index >= 15 is 0 Å². The van der Waals surface area contributed by atoms with Crippen LogP contribution in [0.5, 0.6) is 0 Å². The number of unbranched alkanes of at least 4 members (excludes halogenated alkanes) is 2. The Kier molecular flexibility index (Phi) is 4.81. The number of dihydropyridines is 1. The first-order valence-electron chi connectivity index (χ1n) is 4.54. The molecule has 0 fully saturated rings. The number of rotatable bonds is 3. The van der Waals surface area contributed by atoms with Gasteiger partial charge in [-0.1, -0.05) is 12.0 Å². The second-order valence-corrected chi connectivity index (χ2v) is 2.79. The van der Waals surface area contributed by atoms with Crippen molar-refractivity contribution in [3.63, 3.8) is 0 Å². The van der Waals surface area contributed by atoms with E-state index in [-0.39, 0.29) is 6.61 Å². The predicted molar refractivity (Wildman–Crippen MR) is 52.6 cm³/mol. The Labute approximate surface area is 79.3 Å². The van der Waals surface area contributed by atoms with Gasteiger partial charge in [-0.3, -0.25) is 0 Å². The zero-order chi connectivity index (χ0) is 9.36. The van der Waals surface area contributed by atoms with Crippen LogP contribution in [-0.4, -0.2) is 18.3 Å². The molecule has 0 saturated heterocycles. The molecule has 2 nitrogen and oxygen atoms in total. The van der Waals surface area contributed by atoms with Gasteiger partial charge in [0, 0.05) is 19.6 Å². The molecule has 0 aromatic heterocycles. The van der Waals surface area contributed by atoms with Gasteiger partial charge in [-0.05, 0) is 30.9 Å². The van der Waals surface area contributed by atoms with Crippen LogP contribution in [0.3, 0.4) is 0 Å². The molecule has 1 rings (SSSR count). The third kappa shape index (κ3) is 4.39. The molecule has 0 aromatic carbocycles. The van der Waals surface area contributed by atoms with Crippen molar-refractivity contribution in [3.8, 4) is 11.8 Å². The molecule has 1 heterocycles. The summed E-state index contributed by atoms with van der Waals surface area (Å²) < 4.78 is 0. The van der Waals surface area contributed by atoms with E-state index in [2.05, 4.69) is 23.2 Å². The third-order valence-corrected chi connectivity index (χ3v) is 1.68. The normalized spacial score (nSPS) is 14.1. The average molecular weight is 176 g/mol. The first-order valence-corrected chi connectivity index (χ1v) is 4.54. The highest BCUT2D eigenvalue weighted by Crippen LogP contribution is 1.95. The van der Waals surface area contributed by atoms with Crippen molar-refractivity contribution in [2.75, 3.05) is 13.2 Å². The van der Waals surface area contributed by atoms with Crippen LogP contribution in [0, 0.1) is 17.9 Å². The molecule has 0 aromatic rings. The molecule has 1 aliphatic rings. The first-order chi connectivity index (χ1) is 6.43. The molecule has 0 atom stereocenters. The fourth-order valence-electron chi connectivity index (χ4n) is 0.975. The van der Waals surface area contributed by atoms with Gasteiger partial charge >= 0.3 is 0 Å². The van der Waals surface area contributed by atoms with Crippen LogP contribution < -0.4 is 5.32 Å². The Balaban J connectivity index is 2.22. The third-order valence-electron chi connectivity index (χ3n) is 1.68. The lowest BCUT2D eigenvalue weighted by atomic mass is 10.2. The molecule has 1 radical (unpaired) electrons. The lowest BCUT2D eigenvalue weighted by molar-refractivity contribution is 0.285. The topological polar surface area (TPSA) is 32.3 Å². The van der Waals surface area contributed by atoms with Gasteiger partial charge in [0.1, 0.15) is 0 Å². The Morgan fingerprint density at radius 3 is 3.15 bits per heavy atom. The highest BCUT2D eigenvalue weighted by molar-refractivity contribution is 5.31. The second kappa shape index (κ2) is 6.33. The largest absolute Gasteiger partial charge is 0.396 e. The number of aliphatic hydroxyl groups is 1. The molecule has 0 saturated carbocycles. The predicted octanol–water partition coefficient (Wildman–Crippen LogP) is 0.999. The maximum atomic E-state index is 8.53. The van der Waals surface area contributed by atoms with Crippen molar-refractivity contribution in [2.24, 2.45) is 0 Å². The van der Waals surface area contributed by atoms with Crippen molar-refractivity contribution >= 4 is 0 Å². The van der Waals surface area contributed by atoms with Crippen LogP contribution in [0.2, 0.25) is 0 Å². The summed E-state index contributed by atoms with van der Waals surface area (Å²) in [5, 5.41) is 11.6.